The van der Waals surface area contributed by atoms with Crippen molar-refractivity contribution in [1.29, 1.82) is 0 Å². The van der Waals surface area contributed by atoms with Crippen molar-refractivity contribution in [3.8, 4) is 0 Å². The van der Waals surface area contributed by atoms with Gasteiger partial charge in [-0.15, -0.1) is 0 Å². The normalized spacial score (nSPS) is 12.9. The maximum absolute atomic E-state index is 11.8. The van der Waals surface area contributed by atoms with Gasteiger partial charge in [0.05, 0.1) is 12.6 Å². The molecule has 0 aromatic carbocycles. The average molecular weight is 241 g/mol. The fourth-order valence-corrected chi connectivity index (χ4v) is 1.74. The van der Waals surface area contributed by atoms with Gasteiger partial charge in [-0.2, -0.15) is 0 Å². The Kier molecular flexibility index (Phi) is 6.00. The van der Waals surface area contributed by atoms with Gasteiger partial charge in [0.15, 0.2) is 0 Å². The van der Waals surface area contributed by atoms with Crippen molar-refractivity contribution < 1.29 is 5.11 Å². The number of aryl methyl sites for hydroxylation is 1. The summed E-state index contributed by atoms with van der Waals surface area (Å²) in [6.45, 7) is 6.62. The molecule has 0 aliphatic heterocycles. The molecule has 0 bridgehead atoms. The van der Waals surface area contributed by atoms with Crippen molar-refractivity contribution >= 4 is 0 Å². The standard InChI is InChI=1S/C12H23N3O2/c1-3-5-13-9-11(16)10-15-8-7-14(6-4-2)12(15)17/h7-8,11,13,16H,3-6,9-10H2,1-2H3. The molecule has 1 unspecified atom stereocenters. The van der Waals surface area contributed by atoms with E-state index in [2.05, 4.69) is 12.2 Å². The summed E-state index contributed by atoms with van der Waals surface area (Å²) < 4.78 is 3.24. The zero-order valence-electron chi connectivity index (χ0n) is 10.7. The first kappa shape index (κ1) is 14.0. The van der Waals surface area contributed by atoms with Gasteiger partial charge in [-0.3, -0.25) is 9.13 Å². The predicted octanol–water partition coefficient (Wildman–Crippen LogP) is 0.420. The van der Waals surface area contributed by atoms with Gasteiger partial charge in [0.2, 0.25) is 0 Å². The van der Waals surface area contributed by atoms with Crippen LogP contribution >= 0.6 is 0 Å². The Hall–Kier alpha value is -1.07. The molecule has 0 amide bonds. The van der Waals surface area contributed by atoms with Gasteiger partial charge in [0.25, 0.3) is 0 Å². The van der Waals surface area contributed by atoms with Gasteiger partial charge in [0, 0.05) is 25.5 Å². The van der Waals surface area contributed by atoms with Crippen LogP contribution in [-0.2, 0) is 13.1 Å². The number of hydrogen-bond donors (Lipinski definition) is 2. The van der Waals surface area contributed by atoms with Gasteiger partial charge in [-0.25, -0.2) is 4.79 Å². The van der Waals surface area contributed by atoms with Gasteiger partial charge in [-0.1, -0.05) is 13.8 Å². The molecule has 5 nitrogen and oxygen atoms in total. The van der Waals surface area contributed by atoms with E-state index in [1.54, 1.807) is 21.5 Å². The lowest BCUT2D eigenvalue weighted by molar-refractivity contribution is 0.150. The summed E-state index contributed by atoms with van der Waals surface area (Å²) in [6, 6.07) is 0. The van der Waals surface area contributed by atoms with Gasteiger partial charge in [-0.05, 0) is 19.4 Å². The minimum Gasteiger partial charge on any atom is -0.390 e. The number of rotatable bonds is 8. The Morgan fingerprint density at radius 1 is 1.29 bits per heavy atom. The van der Waals surface area contributed by atoms with E-state index in [0.717, 1.165) is 25.9 Å². The molecule has 0 radical (unpaired) electrons. The summed E-state index contributed by atoms with van der Waals surface area (Å²) in [4.78, 5) is 11.8. The van der Waals surface area contributed by atoms with Crippen molar-refractivity contribution in [2.24, 2.45) is 0 Å². The minimum absolute atomic E-state index is 0.0404. The number of nitrogens with zero attached hydrogens (tertiary/aromatic N) is 2. The third-order valence-electron chi connectivity index (χ3n) is 2.60. The molecule has 1 rings (SSSR count). The Balaban J connectivity index is 2.48. The summed E-state index contributed by atoms with van der Waals surface area (Å²) in [5.41, 5.74) is -0.0404. The van der Waals surface area contributed by atoms with Crippen LogP contribution < -0.4 is 11.0 Å². The van der Waals surface area contributed by atoms with E-state index in [1.807, 2.05) is 6.92 Å². The lowest BCUT2D eigenvalue weighted by Gasteiger charge is -2.11. The lowest BCUT2D eigenvalue weighted by atomic mass is 10.3. The molecule has 0 spiro atoms. The van der Waals surface area contributed by atoms with Crippen molar-refractivity contribution in [3.05, 3.63) is 22.9 Å². The largest absolute Gasteiger partial charge is 0.390 e. The second-order valence-electron chi connectivity index (χ2n) is 4.28. The molecule has 1 aromatic rings. The van der Waals surface area contributed by atoms with Crippen LogP contribution in [-0.4, -0.2) is 33.4 Å². The molecule has 0 saturated carbocycles. The Bertz CT molecular complexity index is 370. The highest BCUT2D eigenvalue weighted by atomic mass is 16.3. The van der Waals surface area contributed by atoms with E-state index in [9.17, 15) is 9.90 Å². The molecule has 0 aliphatic rings. The van der Waals surface area contributed by atoms with Crippen LogP contribution in [0.4, 0.5) is 0 Å². The quantitative estimate of drug-likeness (QED) is 0.649. The lowest BCUT2D eigenvalue weighted by Crippen LogP contribution is -2.34. The summed E-state index contributed by atoms with van der Waals surface area (Å²) >= 11 is 0. The SMILES string of the molecule is CCCNCC(O)Cn1ccn(CCC)c1=O. The first-order chi connectivity index (χ1) is 8.19. The molecule has 98 valence electrons. The summed E-state index contributed by atoms with van der Waals surface area (Å²) in [6.07, 6.45) is 4.97. The zero-order valence-corrected chi connectivity index (χ0v) is 10.7. The average Bonchev–Trinajstić information content (AvgIpc) is 2.63. The maximum atomic E-state index is 11.8. The number of aliphatic hydroxyl groups excluding tert-OH is 1. The monoisotopic (exact) mass is 241 g/mol. The van der Waals surface area contributed by atoms with Crippen LogP contribution in [0.1, 0.15) is 26.7 Å². The third-order valence-corrected chi connectivity index (χ3v) is 2.60. The first-order valence-corrected chi connectivity index (χ1v) is 6.33. The number of hydrogen-bond acceptors (Lipinski definition) is 3. The second kappa shape index (κ2) is 7.29. The molecule has 1 aromatic heterocycles. The number of nitrogens with one attached hydrogen (secondary N) is 1. The van der Waals surface area contributed by atoms with Crippen LogP contribution in [0.25, 0.3) is 0 Å². The summed E-state index contributed by atoms with van der Waals surface area (Å²) in [5.74, 6) is 0. The van der Waals surface area contributed by atoms with Gasteiger partial charge in [0.1, 0.15) is 0 Å². The number of aliphatic hydroxyl groups is 1. The van der Waals surface area contributed by atoms with Crippen molar-refractivity contribution in [1.82, 2.24) is 14.5 Å². The molecule has 0 saturated heterocycles. The fourth-order valence-electron chi connectivity index (χ4n) is 1.74. The number of aromatic nitrogens is 2. The highest BCUT2D eigenvalue weighted by molar-refractivity contribution is 4.82. The topological polar surface area (TPSA) is 59.2 Å². The highest BCUT2D eigenvalue weighted by Crippen LogP contribution is 1.92. The minimum atomic E-state index is -0.517. The molecule has 1 heterocycles. The molecule has 0 fully saturated rings. The van der Waals surface area contributed by atoms with Crippen LogP contribution in [0.2, 0.25) is 0 Å². The van der Waals surface area contributed by atoms with E-state index in [1.165, 1.54) is 0 Å². The first-order valence-electron chi connectivity index (χ1n) is 6.33. The maximum Gasteiger partial charge on any atom is 0.328 e. The van der Waals surface area contributed by atoms with E-state index in [4.69, 9.17) is 0 Å². The number of imidazole rings is 1. The zero-order chi connectivity index (χ0) is 12.7. The van der Waals surface area contributed by atoms with Crippen LogP contribution in [0.3, 0.4) is 0 Å². The second-order valence-corrected chi connectivity index (χ2v) is 4.28. The van der Waals surface area contributed by atoms with E-state index < -0.39 is 6.10 Å². The van der Waals surface area contributed by atoms with Gasteiger partial charge >= 0.3 is 5.69 Å². The predicted molar refractivity (Wildman–Crippen MR) is 68.2 cm³/mol. The van der Waals surface area contributed by atoms with Gasteiger partial charge < -0.3 is 10.4 Å². The van der Waals surface area contributed by atoms with E-state index in [-0.39, 0.29) is 5.69 Å². The Labute approximate surface area is 102 Å². The summed E-state index contributed by atoms with van der Waals surface area (Å²) in [7, 11) is 0. The molecular formula is C12H23N3O2. The molecule has 1 atom stereocenters. The summed E-state index contributed by atoms with van der Waals surface area (Å²) in [5, 5.41) is 12.9. The highest BCUT2D eigenvalue weighted by Gasteiger charge is 2.08. The molecule has 2 N–H and O–H groups in total. The third kappa shape index (κ3) is 4.36. The van der Waals surface area contributed by atoms with Crippen LogP contribution in [0, 0.1) is 0 Å². The smallest absolute Gasteiger partial charge is 0.328 e. The molecule has 17 heavy (non-hydrogen) atoms. The van der Waals surface area contributed by atoms with Crippen LogP contribution in [0.15, 0.2) is 17.2 Å². The van der Waals surface area contributed by atoms with Crippen molar-refractivity contribution in [2.75, 3.05) is 13.1 Å². The van der Waals surface area contributed by atoms with E-state index in [0.29, 0.717) is 13.1 Å². The Morgan fingerprint density at radius 2 is 2.00 bits per heavy atom. The Morgan fingerprint density at radius 3 is 2.65 bits per heavy atom. The molecule has 0 aliphatic carbocycles. The van der Waals surface area contributed by atoms with Crippen LogP contribution in [0.5, 0.6) is 0 Å². The molecular weight excluding hydrogens is 218 g/mol. The van der Waals surface area contributed by atoms with Crippen molar-refractivity contribution in [3.63, 3.8) is 0 Å². The fraction of sp³-hybridized carbons (Fsp3) is 0.750. The van der Waals surface area contributed by atoms with E-state index >= 15 is 0 Å². The van der Waals surface area contributed by atoms with Crippen molar-refractivity contribution in [2.45, 2.75) is 45.9 Å². The molecule has 5 heteroatoms.